The largest absolute Gasteiger partial charge is 0.422 e. The van der Waals surface area contributed by atoms with Crippen molar-refractivity contribution >= 4 is 28.3 Å². The first-order valence-electron chi connectivity index (χ1n) is 9.01. The normalized spacial score (nSPS) is 11.1. The second-order valence-corrected chi connectivity index (χ2v) is 6.70. The smallest absolute Gasteiger partial charge is 0.349 e. The molecular formula is C21H18ClN3O3. The number of rotatable bonds is 5. The van der Waals surface area contributed by atoms with Crippen LogP contribution in [0.1, 0.15) is 13.8 Å². The SMILES string of the molecule is CCN(CC)c1ccc2cc(-c3nnc(-c4cccc(Cl)c4)o3)c(=O)oc2c1. The monoisotopic (exact) mass is 395 g/mol. The van der Waals surface area contributed by atoms with Crippen LogP contribution >= 0.6 is 11.6 Å². The van der Waals surface area contributed by atoms with E-state index >= 15 is 0 Å². The summed E-state index contributed by atoms with van der Waals surface area (Å²) in [6, 6.07) is 14.6. The summed E-state index contributed by atoms with van der Waals surface area (Å²) in [5, 5.41) is 9.37. The van der Waals surface area contributed by atoms with Crippen molar-refractivity contribution in [2.24, 2.45) is 0 Å². The second-order valence-electron chi connectivity index (χ2n) is 6.26. The summed E-state index contributed by atoms with van der Waals surface area (Å²) >= 11 is 6.01. The van der Waals surface area contributed by atoms with Crippen molar-refractivity contribution in [1.29, 1.82) is 0 Å². The lowest BCUT2D eigenvalue weighted by Gasteiger charge is -2.20. The average molecular weight is 396 g/mol. The van der Waals surface area contributed by atoms with Crippen LogP contribution < -0.4 is 10.5 Å². The van der Waals surface area contributed by atoms with E-state index in [1.165, 1.54) is 0 Å². The molecule has 2 aromatic heterocycles. The lowest BCUT2D eigenvalue weighted by atomic mass is 10.1. The Bertz CT molecular complexity index is 1190. The predicted molar refractivity (Wildman–Crippen MR) is 110 cm³/mol. The number of anilines is 1. The fourth-order valence-corrected chi connectivity index (χ4v) is 3.29. The highest BCUT2D eigenvalue weighted by Gasteiger charge is 2.16. The molecule has 0 saturated carbocycles. The van der Waals surface area contributed by atoms with E-state index in [4.69, 9.17) is 20.4 Å². The minimum Gasteiger partial charge on any atom is -0.422 e. The van der Waals surface area contributed by atoms with Gasteiger partial charge >= 0.3 is 5.63 Å². The maximum Gasteiger partial charge on any atom is 0.349 e. The molecule has 0 N–H and O–H groups in total. The summed E-state index contributed by atoms with van der Waals surface area (Å²) < 4.78 is 11.2. The van der Waals surface area contributed by atoms with Gasteiger partial charge in [-0.05, 0) is 50.2 Å². The fraction of sp³-hybridized carbons (Fsp3) is 0.190. The molecule has 0 unspecified atom stereocenters. The van der Waals surface area contributed by atoms with Crippen molar-refractivity contribution in [3.05, 3.63) is 64.0 Å². The van der Waals surface area contributed by atoms with E-state index in [1.807, 2.05) is 18.2 Å². The number of halogens is 1. The third-order valence-electron chi connectivity index (χ3n) is 4.58. The lowest BCUT2D eigenvalue weighted by Crippen LogP contribution is -2.21. The van der Waals surface area contributed by atoms with Gasteiger partial charge in [0.1, 0.15) is 11.1 Å². The predicted octanol–water partition coefficient (Wildman–Crippen LogP) is 5.01. The summed E-state index contributed by atoms with van der Waals surface area (Å²) in [6.45, 7) is 5.91. The van der Waals surface area contributed by atoms with Crippen molar-refractivity contribution in [1.82, 2.24) is 10.2 Å². The van der Waals surface area contributed by atoms with Gasteiger partial charge in [-0.25, -0.2) is 4.79 Å². The van der Waals surface area contributed by atoms with Crippen LogP contribution in [-0.4, -0.2) is 23.3 Å². The first kappa shape index (κ1) is 18.3. The molecule has 7 heteroatoms. The molecule has 142 valence electrons. The average Bonchev–Trinajstić information content (AvgIpc) is 3.18. The Hall–Kier alpha value is -3.12. The van der Waals surface area contributed by atoms with E-state index in [-0.39, 0.29) is 17.3 Å². The molecule has 0 aliphatic carbocycles. The summed E-state index contributed by atoms with van der Waals surface area (Å²) in [5.41, 5.74) is 1.91. The number of benzene rings is 2. The molecule has 0 bridgehead atoms. The van der Waals surface area contributed by atoms with Crippen LogP contribution in [0, 0.1) is 0 Å². The van der Waals surface area contributed by atoms with E-state index in [0.29, 0.717) is 16.2 Å². The fourth-order valence-electron chi connectivity index (χ4n) is 3.10. The van der Waals surface area contributed by atoms with Crippen molar-refractivity contribution in [3.8, 4) is 22.9 Å². The third kappa shape index (κ3) is 3.39. The van der Waals surface area contributed by atoms with Crippen LogP contribution in [0.15, 0.2) is 62.2 Å². The first-order valence-corrected chi connectivity index (χ1v) is 9.39. The number of aromatic nitrogens is 2. The zero-order valence-corrected chi connectivity index (χ0v) is 16.2. The van der Waals surface area contributed by atoms with Gasteiger partial charge < -0.3 is 13.7 Å². The summed E-state index contributed by atoms with van der Waals surface area (Å²) in [7, 11) is 0. The lowest BCUT2D eigenvalue weighted by molar-refractivity contribution is 0.547. The Kier molecular flexibility index (Phi) is 4.88. The van der Waals surface area contributed by atoms with E-state index in [1.54, 1.807) is 30.3 Å². The molecule has 0 atom stereocenters. The van der Waals surface area contributed by atoms with Gasteiger partial charge in [0.05, 0.1) is 0 Å². The molecule has 2 heterocycles. The van der Waals surface area contributed by atoms with Crippen LogP contribution in [0.3, 0.4) is 0 Å². The molecule has 0 aliphatic heterocycles. The number of fused-ring (bicyclic) bond motifs is 1. The molecule has 28 heavy (non-hydrogen) atoms. The van der Waals surface area contributed by atoms with E-state index in [2.05, 4.69) is 28.9 Å². The first-order chi connectivity index (χ1) is 13.6. The molecule has 6 nitrogen and oxygen atoms in total. The zero-order chi connectivity index (χ0) is 19.7. The second kappa shape index (κ2) is 7.48. The van der Waals surface area contributed by atoms with Crippen LogP contribution in [-0.2, 0) is 0 Å². The maximum absolute atomic E-state index is 12.5. The van der Waals surface area contributed by atoms with Gasteiger partial charge in [0.25, 0.3) is 5.89 Å². The molecule has 4 aromatic rings. The third-order valence-corrected chi connectivity index (χ3v) is 4.81. The van der Waals surface area contributed by atoms with Gasteiger partial charge in [0.15, 0.2) is 0 Å². The Labute approximate surface area is 166 Å². The Morgan fingerprint density at radius 1 is 0.964 bits per heavy atom. The van der Waals surface area contributed by atoms with Gasteiger partial charge in [-0.15, -0.1) is 10.2 Å². The van der Waals surface area contributed by atoms with Crippen LogP contribution in [0.4, 0.5) is 5.69 Å². The minimum atomic E-state index is -0.523. The quantitative estimate of drug-likeness (QED) is 0.442. The standard InChI is InChI=1S/C21H18ClN3O3/c1-3-25(4-2)16-9-8-13-11-17(21(26)27-18(13)12-16)20-24-23-19(28-20)14-6-5-7-15(22)10-14/h5-12H,3-4H2,1-2H3. The number of hydrogen-bond donors (Lipinski definition) is 0. The molecule has 0 fully saturated rings. The van der Waals surface area contributed by atoms with Gasteiger partial charge in [-0.1, -0.05) is 17.7 Å². The molecule has 0 saturated heterocycles. The molecule has 0 aliphatic rings. The highest BCUT2D eigenvalue weighted by Crippen LogP contribution is 2.27. The van der Waals surface area contributed by atoms with Gasteiger partial charge in [-0.2, -0.15) is 0 Å². The topological polar surface area (TPSA) is 72.4 Å². The van der Waals surface area contributed by atoms with E-state index in [0.717, 1.165) is 24.2 Å². The molecule has 2 aromatic carbocycles. The van der Waals surface area contributed by atoms with Crippen molar-refractivity contribution in [3.63, 3.8) is 0 Å². The van der Waals surface area contributed by atoms with Crippen molar-refractivity contribution in [2.75, 3.05) is 18.0 Å². The van der Waals surface area contributed by atoms with Crippen molar-refractivity contribution in [2.45, 2.75) is 13.8 Å². The summed E-state index contributed by atoms with van der Waals surface area (Å²) in [5.74, 6) is 0.396. The number of nitrogens with zero attached hydrogens (tertiary/aromatic N) is 3. The van der Waals surface area contributed by atoms with Gasteiger partial charge in [-0.3, -0.25) is 0 Å². The van der Waals surface area contributed by atoms with Crippen LogP contribution in [0.25, 0.3) is 33.9 Å². The number of hydrogen-bond acceptors (Lipinski definition) is 6. The molecule has 0 amide bonds. The maximum atomic E-state index is 12.5. The molecule has 0 spiro atoms. The van der Waals surface area contributed by atoms with Gasteiger partial charge in [0.2, 0.25) is 5.89 Å². The Morgan fingerprint density at radius 2 is 1.75 bits per heavy atom. The highest BCUT2D eigenvalue weighted by molar-refractivity contribution is 6.30. The highest BCUT2D eigenvalue weighted by atomic mass is 35.5. The Morgan fingerprint density at radius 3 is 2.50 bits per heavy atom. The summed E-state index contributed by atoms with van der Waals surface area (Å²) in [4.78, 5) is 14.7. The Balaban J connectivity index is 1.74. The molecule has 4 rings (SSSR count). The molecule has 0 radical (unpaired) electrons. The minimum absolute atomic E-state index is 0.110. The molecular weight excluding hydrogens is 378 g/mol. The van der Waals surface area contributed by atoms with Crippen LogP contribution in [0.2, 0.25) is 5.02 Å². The van der Waals surface area contributed by atoms with Crippen molar-refractivity contribution < 1.29 is 8.83 Å². The zero-order valence-electron chi connectivity index (χ0n) is 15.5. The summed E-state index contributed by atoms with van der Waals surface area (Å²) in [6.07, 6.45) is 0. The van der Waals surface area contributed by atoms with Crippen LogP contribution in [0.5, 0.6) is 0 Å². The van der Waals surface area contributed by atoms with E-state index < -0.39 is 5.63 Å². The van der Waals surface area contributed by atoms with Gasteiger partial charge in [0, 0.05) is 40.8 Å². The van der Waals surface area contributed by atoms with E-state index in [9.17, 15) is 4.79 Å².